The Morgan fingerprint density at radius 2 is 1.86 bits per heavy atom. The van der Waals surface area contributed by atoms with Crippen LogP contribution in [0, 0.1) is 0 Å². The molecule has 0 saturated carbocycles. The maximum absolute atomic E-state index is 11.9. The third kappa shape index (κ3) is 4.10. The van der Waals surface area contributed by atoms with E-state index in [1.54, 1.807) is 0 Å². The average molecular weight is 287 g/mol. The summed E-state index contributed by atoms with van der Waals surface area (Å²) in [6.45, 7) is 4.37. The second-order valence-corrected chi connectivity index (χ2v) is 5.49. The number of unbranched alkanes of at least 4 members (excludes halogenated alkanes) is 1. The van der Waals surface area contributed by atoms with Crippen molar-refractivity contribution in [2.24, 2.45) is 0 Å². The van der Waals surface area contributed by atoms with E-state index in [0.717, 1.165) is 31.5 Å². The van der Waals surface area contributed by atoms with Gasteiger partial charge in [0.15, 0.2) is 0 Å². The lowest BCUT2D eigenvalue weighted by molar-refractivity contribution is -0.133. The summed E-state index contributed by atoms with van der Waals surface area (Å²) >= 11 is 0. The van der Waals surface area contributed by atoms with Gasteiger partial charge in [-0.15, -0.1) is 0 Å². The van der Waals surface area contributed by atoms with E-state index in [-0.39, 0.29) is 5.97 Å². The zero-order chi connectivity index (χ0) is 15.1. The highest BCUT2D eigenvalue weighted by molar-refractivity contribution is 6.16. The quantitative estimate of drug-likeness (QED) is 0.605. The summed E-state index contributed by atoms with van der Waals surface area (Å²) in [4.78, 5) is 14.3. The second kappa shape index (κ2) is 7.87. The fourth-order valence-electron chi connectivity index (χ4n) is 2.72. The third-order valence-corrected chi connectivity index (χ3v) is 3.94. The van der Waals surface area contributed by atoms with Gasteiger partial charge >= 0.3 is 5.97 Å². The first-order valence-corrected chi connectivity index (χ1v) is 7.90. The number of hydrogen-bond acceptors (Lipinski definition) is 3. The molecule has 1 saturated heterocycles. The van der Waals surface area contributed by atoms with Gasteiger partial charge in [-0.05, 0) is 43.4 Å². The molecule has 1 aliphatic rings. The molecule has 0 unspecified atom stereocenters. The second-order valence-electron chi connectivity index (χ2n) is 5.49. The van der Waals surface area contributed by atoms with Crippen molar-refractivity contribution in [3.8, 4) is 0 Å². The number of rotatable bonds is 5. The van der Waals surface area contributed by atoms with Crippen LogP contribution >= 0.6 is 0 Å². The molecule has 1 aromatic rings. The Morgan fingerprint density at radius 3 is 2.43 bits per heavy atom. The topological polar surface area (TPSA) is 29.5 Å². The molecule has 114 valence electrons. The number of esters is 1. The normalized spacial score (nSPS) is 15.9. The molecule has 0 N–H and O–H groups in total. The van der Waals surface area contributed by atoms with E-state index in [9.17, 15) is 4.79 Å². The Labute approximate surface area is 127 Å². The van der Waals surface area contributed by atoms with Crippen LogP contribution in [0.5, 0.6) is 0 Å². The lowest BCUT2D eigenvalue weighted by Crippen LogP contribution is -2.29. The Kier molecular flexibility index (Phi) is 5.85. The number of carbonyl (C=O) groups is 1. The first-order valence-electron chi connectivity index (χ1n) is 7.90. The molecule has 1 heterocycles. The van der Waals surface area contributed by atoms with Gasteiger partial charge in [-0.1, -0.05) is 31.6 Å². The molecule has 0 amide bonds. The summed E-state index contributed by atoms with van der Waals surface area (Å²) in [5.41, 5.74) is 2.86. The van der Waals surface area contributed by atoms with Crippen LogP contribution in [0.3, 0.4) is 0 Å². The number of ether oxygens (including phenoxy) is 1. The first-order chi connectivity index (χ1) is 10.3. The molecule has 3 heteroatoms. The van der Waals surface area contributed by atoms with E-state index >= 15 is 0 Å². The van der Waals surface area contributed by atoms with Crippen LogP contribution in [0.15, 0.2) is 30.3 Å². The number of allylic oxidation sites excluding steroid dienone is 1. The maximum atomic E-state index is 11.9. The zero-order valence-corrected chi connectivity index (χ0v) is 13.1. The molecule has 0 spiro atoms. The van der Waals surface area contributed by atoms with E-state index in [1.807, 2.05) is 18.2 Å². The summed E-state index contributed by atoms with van der Waals surface area (Å²) in [5.74, 6) is -0.255. The van der Waals surface area contributed by atoms with E-state index in [0.29, 0.717) is 5.57 Å². The van der Waals surface area contributed by atoms with Crippen LogP contribution in [-0.4, -0.2) is 26.2 Å². The predicted molar refractivity (Wildman–Crippen MR) is 87.4 cm³/mol. The number of methoxy groups -OCH3 is 1. The van der Waals surface area contributed by atoms with Crippen molar-refractivity contribution in [1.82, 2.24) is 0 Å². The van der Waals surface area contributed by atoms with Crippen molar-refractivity contribution in [2.75, 3.05) is 25.1 Å². The average Bonchev–Trinajstić information content (AvgIpc) is 2.56. The van der Waals surface area contributed by atoms with Crippen molar-refractivity contribution in [2.45, 2.75) is 39.0 Å². The monoisotopic (exact) mass is 287 g/mol. The molecule has 0 aromatic heterocycles. The largest absolute Gasteiger partial charge is 0.465 e. The Morgan fingerprint density at radius 1 is 1.19 bits per heavy atom. The van der Waals surface area contributed by atoms with Gasteiger partial charge in [0.25, 0.3) is 0 Å². The van der Waals surface area contributed by atoms with Crippen LogP contribution in [0.25, 0.3) is 5.57 Å². The van der Waals surface area contributed by atoms with Gasteiger partial charge in [0.1, 0.15) is 0 Å². The molecule has 2 rings (SSSR count). The van der Waals surface area contributed by atoms with Crippen molar-refractivity contribution >= 4 is 17.2 Å². The minimum Gasteiger partial charge on any atom is -0.465 e. The molecule has 0 radical (unpaired) electrons. The lowest BCUT2D eigenvalue weighted by atomic mass is 10.0. The summed E-state index contributed by atoms with van der Waals surface area (Å²) in [5, 5.41) is 0. The SMILES string of the molecule is CCC/C=C(\C(=O)OC)c1ccc(N2CCCCC2)cc1. The van der Waals surface area contributed by atoms with Gasteiger partial charge < -0.3 is 9.64 Å². The zero-order valence-electron chi connectivity index (χ0n) is 13.1. The van der Waals surface area contributed by atoms with Crippen LogP contribution in [0.1, 0.15) is 44.6 Å². The predicted octanol–water partition coefficient (Wildman–Crippen LogP) is 4.03. The van der Waals surface area contributed by atoms with Crippen LogP contribution < -0.4 is 4.90 Å². The number of hydrogen-bond donors (Lipinski definition) is 0. The minimum absolute atomic E-state index is 0.255. The van der Waals surface area contributed by atoms with Crippen LogP contribution in [-0.2, 0) is 9.53 Å². The Bertz CT molecular complexity index is 484. The van der Waals surface area contributed by atoms with Crippen molar-refractivity contribution in [3.63, 3.8) is 0 Å². The summed E-state index contributed by atoms with van der Waals surface area (Å²) in [6.07, 6.45) is 7.75. The van der Waals surface area contributed by atoms with Gasteiger partial charge in [0, 0.05) is 18.8 Å². The summed E-state index contributed by atoms with van der Waals surface area (Å²) in [6, 6.07) is 8.29. The summed E-state index contributed by atoms with van der Waals surface area (Å²) < 4.78 is 4.89. The highest BCUT2D eigenvalue weighted by Gasteiger charge is 2.14. The number of anilines is 1. The van der Waals surface area contributed by atoms with Crippen LogP contribution in [0.4, 0.5) is 5.69 Å². The minimum atomic E-state index is -0.255. The Hall–Kier alpha value is -1.77. The fourth-order valence-corrected chi connectivity index (χ4v) is 2.72. The number of piperidine rings is 1. The standard InChI is InChI=1S/C18H25NO2/c1-3-4-8-17(18(20)21-2)15-9-11-16(12-10-15)19-13-6-5-7-14-19/h8-12H,3-7,13-14H2,1-2H3/b17-8-. The maximum Gasteiger partial charge on any atom is 0.338 e. The summed E-state index contributed by atoms with van der Waals surface area (Å²) in [7, 11) is 1.43. The van der Waals surface area contributed by atoms with Gasteiger partial charge in [-0.25, -0.2) is 4.79 Å². The highest BCUT2D eigenvalue weighted by atomic mass is 16.5. The van der Waals surface area contributed by atoms with Gasteiger partial charge in [0.05, 0.1) is 12.7 Å². The first kappa shape index (κ1) is 15.6. The van der Waals surface area contributed by atoms with Gasteiger partial charge in [0.2, 0.25) is 0 Å². The van der Waals surface area contributed by atoms with Crippen molar-refractivity contribution in [1.29, 1.82) is 0 Å². The number of nitrogens with zero attached hydrogens (tertiary/aromatic N) is 1. The molecule has 0 aliphatic carbocycles. The van der Waals surface area contributed by atoms with E-state index < -0.39 is 0 Å². The molecule has 1 aliphatic heterocycles. The molecule has 1 fully saturated rings. The molecule has 0 bridgehead atoms. The molecule has 0 atom stereocenters. The lowest BCUT2D eigenvalue weighted by Gasteiger charge is -2.28. The molecular weight excluding hydrogens is 262 g/mol. The molecule has 21 heavy (non-hydrogen) atoms. The fraction of sp³-hybridized carbons (Fsp3) is 0.500. The molecular formula is C18H25NO2. The van der Waals surface area contributed by atoms with E-state index in [1.165, 1.54) is 32.1 Å². The third-order valence-electron chi connectivity index (χ3n) is 3.94. The van der Waals surface area contributed by atoms with Crippen molar-refractivity contribution in [3.05, 3.63) is 35.9 Å². The highest BCUT2D eigenvalue weighted by Crippen LogP contribution is 2.24. The van der Waals surface area contributed by atoms with Gasteiger partial charge in [-0.3, -0.25) is 0 Å². The smallest absolute Gasteiger partial charge is 0.338 e. The van der Waals surface area contributed by atoms with Crippen molar-refractivity contribution < 1.29 is 9.53 Å². The van der Waals surface area contributed by atoms with Crippen LogP contribution in [0.2, 0.25) is 0 Å². The number of benzene rings is 1. The molecule has 3 nitrogen and oxygen atoms in total. The molecule has 1 aromatic carbocycles. The van der Waals surface area contributed by atoms with Gasteiger partial charge in [-0.2, -0.15) is 0 Å². The van der Waals surface area contributed by atoms with E-state index in [2.05, 4.69) is 24.0 Å². The Balaban J connectivity index is 2.16. The number of carbonyl (C=O) groups excluding carboxylic acids is 1. The van der Waals surface area contributed by atoms with E-state index in [4.69, 9.17) is 4.74 Å².